The molecule has 0 aliphatic rings. The van der Waals surface area contributed by atoms with Crippen molar-refractivity contribution in [2.45, 2.75) is 6.92 Å². The number of nitrogens with zero attached hydrogens (tertiary/aromatic N) is 2. The van der Waals surface area contributed by atoms with Gasteiger partial charge in [-0.3, -0.25) is 4.79 Å². The average molecular weight is 292 g/mol. The molecule has 1 heterocycles. The first kappa shape index (κ1) is 14.4. The number of oxime groups is 1. The summed E-state index contributed by atoms with van der Waals surface area (Å²) in [4.78, 5) is 30.6. The molecule has 1 amide bonds. The highest BCUT2D eigenvalue weighted by Crippen LogP contribution is 2.16. The van der Waals surface area contributed by atoms with Crippen molar-refractivity contribution >= 4 is 45.7 Å². The number of rotatable bonds is 6. The van der Waals surface area contributed by atoms with Gasteiger partial charge < -0.3 is 15.3 Å². The van der Waals surface area contributed by atoms with Crippen LogP contribution < -0.4 is 5.32 Å². The summed E-state index contributed by atoms with van der Waals surface area (Å²) in [5.74, 6) is -1.88. The minimum absolute atomic E-state index is 0.117. The number of thiazole rings is 1. The largest absolute Gasteiger partial charge is 0.476 e. The van der Waals surface area contributed by atoms with Gasteiger partial charge in [-0.15, -0.1) is 22.9 Å². The molecule has 18 heavy (non-hydrogen) atoms. The van der Waals surface area contributed by atoms with Crippen molar-refractivity contribution in [2.75, 3.05) is 17.8 Å². The van der Waals surface area contributed by atoms with Gasteiger partial charge >= 0.3 is 5.97 Å². The molecule has 1 aromatic heterocycles. The first-order valence-electron chi connectivity index (χ1n) is 4.83. The summed E-state index contributed by atoms with van der Waals surface area (Å²) < 4.78 is 0. The number of anilines is 1. The zero-order valence-electron chi connectivity index (χ0n) is 9.34. The zero-order chi connectivity index (χ0) is 13.5. The quantitative estimate of drug-likeness (QED) is 0.465. The van der Waals surface area contributed by atoms with Crippen LogP contribution in [0.3, 0.4) is 0 Å². The molecule has 98 valence electrons. The Morgan fingerprint density at radius 3 is 2.94 bits per heavy atom. The summed E-state index contributed by atoms with van der Waals surface area (Å²) in [5, 5.41) is 16.5. The van der Waals surface area contributed by atoms with E-state index < -0.39 is 11.9 Å². The van der Waals surface area contributed by atoms with Gasteiger partial charge in [0.25, 0.3) is 0 Å². The van der Waals surface area contributed by atoms with E-state index in [2.05, 4.69) is 20.3 Å². The van der Waals surface area contributed by atoms with Crippen LogP contribution in [0.15, 0.2) is 10.5 Å². The number of carboxylic acid groups (broad SMARTS) is 1. The summed E-state index contributed by atoms with van der Waals surface area (Å²) in [5.41, 5.74) is -0.203. The molecule has 0 bridgehead atoms. The third-order valence-electron chi connectivity index (χ3n) is 1.60. The number of aromatic nitrogens is 1. The Kier molecular flexibility index (Phi) is 5.53. The minimum atomic E-state index is -1.26. The maximum Gasteiger partial charge on any atom is 0.360 e. The van der Waals surface area contributed by atoms with E-state index in [0.29, 0.717) is 0 Å². The van der Waals surface area contributed by atoms with Crippen LogP contribution >= 0.6 is 22.9 Å². The van der Waals surface area contributed by atoms with Gasteiger partial charge in [-0.05, 0) is 6.92 Å². The molecule has 0 aromatic carbocycles. The Hall–Kier alpha value is -1.67. The number of amides is 1. The van der Waals surface area contributed by atoms with Gasteiger partial charge in [0.2, 0.25) is 11.6 Å². The van der Waals surface area contributed by atoms with E-state index in [1.807, 2.05) is 0 Å². The molecule has 9 heteroatoms. The monoisotopic (exact) mass is 291 g/mol. The number of halogens is 1. The molecule has 1 rings (SSSR count). The highest BCUT2D eigenvalue weighted by atomic mass is 35.5. The third-order valence-corrected chi connectivity index (χ3v) is 2.60. The van der Waals surface area contributed by atoms with Crippen molar-refractivity contribution in [3.05, 3.63) is 11.1 Å². The highest BCUT2D eigenvalue weighted by Gasteiger charge is 2.18. The van der Waals surface area contributed by atoms with Crippen molar-refractivity contribution < 1.29 is 19.5 Å². The second kappa shape index (κ2) is 6.92. The van der Waals surface area contributed by atoms with Gasteiger partial charge in [0.05, 0.1) is 0 Å². The number of alkyl halides is 1. The predicted octanol–water partition coefficient (Wildman–Crippen LogP) is 1.15. The molecule has 7 nitrogen and oxygen atoms in total. The summed E-state index contributed by atoms with van der Waals surface area (Å²) >= 11 is 6.39. The Balaban J connectivity index is 2.88. The lowest BCUT2D eigenvalue weighted by Crippen LogP contribution is -2.16. The van der Waals surface area contributed by atoms with Crippen molar-refractivity contribution in [1.82, 2.24) is 4.98 Å². The van der Waals surface area contributed by atoms with E-state index in [9.17, 15) is 9.59 Å². The second-order valence-corrected chi connectivity index (χ2v) is 4.01. The first-order chi connectivity index (χ1) is 8.58. The van der Waals surface area contributed by atoms with Crippen LogP contribution in [-0.4, -0.2) is 40.2 Å². The van der Waals surface area contributed by atoms with E-state index in [4.69, 9.17) is 16.7 Å². The van der Waals surface area contributed by atoms with Gasteiger partial charge in [-0.1, -0.05) is 5.16 Å². The van der Waals surface area contributed by atoms with Crippen molar-refractivity contribution in [2.24, 2.45) is 5.16 Å². The van der Waals surface area contributed by atoms with Gasteiger partial charge in [-0.25, -0.2) is 9.78 Å². The standard InChI is InChI=1S/C9H10ClN3O4S/c1-2-17-13-7(8(15)16)5-4-18-9(11-5)12-6(14)3-10/h4H,2-3H2,1H3,(H,15,16)(H,11,12,14)/b13-7+. The van der Waals surface area contributed by atoms with Gasteiger partial charge in [-0.2, -0.15) is 0 Å². The minimum Gasteiger partial charge on any atom is -0.476 e. The lowest BCUT2D eigenvalue weighted by atomic mass is 10.3. The lowest BCUT2D eigenvalue weighted by molar-refractivity contribution is -0.129. The summed E-state index contributed by atoms with van der Waals surface area (Å²) in [6, 6.07) is 0. The molecule has 0 fully saturated rings. The maximum absolute atomic E-state index is 11.0. The fraction of sp³-hybridized carbons (Fsp3) is 0.333. The van der Waals surface area contributed by atoms with Crippen molar-refractivity contribution in [3.63, 3.8) is 0 Å². The fourth-order valence-electron chi connectivity index (χ4n) is 0.917. The van der Waals surface area contributed by atoms with Crippen molar-refractivity contribution in [1.29, 1.82) is 0 Å². The lowest BCUT2D eigenvalue weighted by Gasteiger charge is -1.98. The molecule has 0 spiro atoms. The van der Waals surface area contributed by atoms with E-state index >= 15 is 0 Å². The van der Waals surface area contributed by atoms with E-state index in [1.165, 1.54) is 5.38 Å². The topological polar surface area (TPSA) is 101 Å². The number of hydrogen-bond acceptors (Lipinski definition) is 6. The average Bonchev–Trinajstić information content (AvgIpc) is 2.77. The van der Waals surface area contributed by atoms with Crippen LogP contribution in [0.25, 0.3) is 0 Å². The molecule has 0 aliphatic heterocycles. The molecular weight excluding hydrogens is 282 g/mol. The van der Waals surface area contributed by atoms with Gasteiger partial charge in [0.1, 0.15) is 18.2 Å². The Bertz CT molecular complexity index is 474. The van der Waals surface area contributed by atoms with Gasteiger partial charge in [0.15, 0.2) is 5.13 Å². The summed E-state index contributed by atoms with van der Waals surface area (Å²) in [6.45, 7) is 1.92. The normalized spacial score (nSPS) is 11.1. The Morgan fingerprint density at radius 2 is 2.39 bits per heavy atom. The molecular formula is C9H10ClN3O4S. The summed E-state index contributed by atoms with van der Waals surface area (Å²) in [7, 11) is 0. The SMILES string of the molecule is CCO/N=C(/C(=O)O)c1csc(NC(=O)CCl)n1. The molecule has 2 N–H and O–H groups in total. The molecule has 0 saturated carbocycles. The van der Waals surface area contributed by atoms with E-state index in [0.717, 1.165) is 11.3 Å². The van der Waals surface area contributed by atoms with Crippen LogP contribution in [0.5, 0.6) is 0 Å². The van der Waals surface area contributed by atoms with E-state index in [1.54, 1.807) is 6.92 Å². The molecule has 0 radical (unpaired) electrons. The maximum atomic E-state index is 11.0. The first-order valence-corrected chi connectivity index (χ1v) is 6.24. The molecule has 0 unspecified atom stereocenters. The van der Waals surface area contributed by atoms with Crippen LogP contribution in [-0.2, 0) is 14.4 Å². The molecule has 0 saturated heterocycles. The van der Waals surface area contributed by atoms with Crippen LogP contribution in [0.2, 0.25) is 0 Å². The zero-order valence-corrected chi connectivity index (χ0v) is 10.9. The van der Waals surface area contributed by atoms with Crippen LogP contribution in [0.1, 0.15) is 12.6 Å². The number of nitrogens with one attached hydrogen (secondary N) is 1. The fourth-order valence-corrected chi connectivity index (χ4v) is 1.70. The smallest absolute Gasteiger partial charge is 0.360 e. The second-order valence-electron chi connectivity index (χ2n) is 2.88. The highest BCUT2D eigenvalue weighted by molar-refractivity contribution is 7.14. The molecule has 0 atom stereocenters. The number of aliphatic carboxylic acids is 1. The Labute approximate surface area is 111 Å². The number of carbonyl (C=O) groups is 2. The Morgan fingerprint density at radius 1 is 1.67 bits per heavy atom. The van der Waals surface area contributed by atoms with E-state index in [-0.39, 0.29) is 29.0 Å². The number of carboxylic acids is 1. The number of carbonyl (C=O) groups excluding carboxylic acids is 1. The van der Waals surface area contributed by atoms with Crippen LogP contribution in [0.4, 0.5) is 5.13 Å². The van der Waals surface area contributed by atoms with Gasteiger partial charge in [0, 0.05) is 5.38 Å². The van der Waals surface area contributed by atoms with Crippen LogP contribution in [0, 0.1) is 0 Å². The molecule has 0 aliphatic carbocycles. The third kappa shape index (κ3) is 3.97. The predicted molar refractivity (Wildman–Crippen MR) is 67.3 cm³/mol. The summed E-state index contributed by atoms with van der Waals surface area (Å²) in [6.07, 6.45) is 0. The molecule has 1 aromatic rings. The number of hydrogen-bond donors (Lipinski definition) is 2. The van der Waals surface area contributed by atoms with Crippen molar-refractivity contribution in [3.8, 4) is 0 Å².